The minimum atomic E-state index is 0.172. The molecule has 112 valence electrons. The van der Waals surface area contributed by atoms with Crippen LogP contribution in [0.25, 0.3) is 11.4 Å². The van der Waals surface area contributed by atoms with Crippen LogP contribution in [0.4, 0.5) is 5.95 Å². The van der Waals surface area contributed by atoms with Gasteiger partial charge in [-0.05, 0) is 43.5 Å². The summed E-state index contributed by atoms with van der Waals surface area (Å²) in [6.45, 7) is 2.53. The summed E-state index contributed by atoms with van der Waals surface area (Å²) in [6, 6.07) is 5.31. The molecule has 2 heterocycles. The quantitative estimate of drug-likeness (QED) is 0.787. The first-order valence-corrected chi connectivity index (χ1v) is 7.83. The number of rotatable bonds is 3. The molecule has 1 atom stereocenters. The van der Waals surface area contributed by atoms with Gasteiger partial charge in [-0.1, -0.05) is 15.9 Å². The number of hydrogen-bond acceptors (Lipinski definition) is 5. The predicted octanol–water partition coefficient (Wildman–Crippen LogP) is 2.11. The number of anilines is 1. The first-order chi connectivity index (χ1) is 10.2. The zero-order valence-electron chi connectivity index (χ0n) is 11.6. The highest BCUT2D eigenvalue weighted by atomic mass is 79.9. The SMILES string of the molecule is NCC1CCCN(c2n[nH]c(-c3ccc(Br)cc3O)n2)C1. The smallest absolute Gasteiger partial charge is 0.245 e. The van der Waals surface area contributed by atoms with E-state index in [1.165, 1.54) is 0 Å². The molecule has 3 rings (SSSR count). The van der Waals surface area contributed by atoms with E-state index in [2.05, 4.69) is 36.0 Å². The Morgan fingerprint density at radius 2 is 2.33 bits per heavy atom. The second-order valence-electron chi connectivity index (χ2n) is 5.34. The lowest BCUT2D eigenvalue weighted by atomic mass is 9.99. The lowest BCUT2D eigenvalue weighted by molar-refractivity contribution is 0.420. The summed E-state index contributed by atoms with van der Waals surface area (Å²) in [4.78, 5) is 6.66. The van der Waals surface area contributed by atoms with Crippen molar-refractivity contribution in [3.05, 3.63) is 22.7 Å². The van der Waals surface area contributed by atoms with Crippen molar-refractivity contribution in [1.29, 1.82) is 0 Å². The van der Waals surface area contributed by atoms with Gasteiger partial charge in [0, 0.05) is 17.6 Å². The van der Waals surface area contributed by atoms with Crippen LogP contribution in [0.3, 0.4) is 0 Å². The molecule has 1 aliphatic rings. The summed E-state index contributed by atoms with van der Waals surface area (Å²) in [5, 5.41) is 17.2. The summed E-state index contributed by atoms with van der Waals surface area (Å²) >= 11 is 3.32. The zero-order valence-corrected chi connectivity index (χ0v) is 13.2. The number of benzene rings is 1. The number of nitrogens with zero attached hydrogens (tertiary/aromatic N) is 3. The highest BCUT2D eigenvalue weighted by Crippen LogP contribution is 2.30. The van der Waals surface area contributed by atoms with E-state index < -0.39 is 0 Å². The van der Waals surface area contributed by atoms with Crippen LogP contribution in [0.2, 0.25) is 0 Å². The number of aromatic nitrogens is 3. The van der Waals surface area contributed by atoms with Gasteiger partial charge in [-0.3, -0.25) is 5.10 Å². The molecule has 1 aromatic carbocycles. The number of nitrogens with two attached hydrogens (primary N) is 1. The standard InChI is InChI=1S/C14H18BrN5O/c15-10-3-4-11(12(21)6-10)13-17-14(19-18-13)20-5-1-2-9(7-16)8-20/h3-4,6,9,21H,1-2,5,7-8,16H2,(H,17,18,19). The van der Waals surface area contributed by atoms with Crippen LogP contribution in [-0.2, 0) is 0 Å². The lowest BCUT2D eigenvalue weighted by Crippen LogP contribution is -2.38. The Balaban J connectivity index is 1.83. The molecule has 1 aliphatic heterocycles. The molecule has 0 amide bonds. The van der Waals surface area contributed by atoms with Gasteiger partial charge in [0.2, 0.25) is 5.95 Å². The Labute approximate surface area is 131 Å². The third-order valence-corrected chi connectivity index (χ3v) is 4.32. The molecule has 21 heavy (non-hydrogen) atoms. The van der Waals surface area contributed by atoms with E-state index in [-0.39, 0.29) is 5.75 Å². The van der Waals surface area contributed by atoms with Crippen molar-refractivity contribution in [1.82, 2.24) is 15.2 Å². The highest BCUT2D eigenvalue weighted by Gasteiger charge is 2.22. The van der Waals surface area contributed by atoms with Crippen molar-refractivity contribution in [3.63, 3.8) is 0 Å². The molecule has 1 unspecified atom stereocenters. The zero-order chi connectivity index (χ0) is 14.8. The third kappa shape index (κ3) is 3.03. The minimum absolute atomic E-state index is 0.172. The highest BCUT2D eigenvalue weighted by molar-refractivity contribution is 9.10. The van der Waals surface area contributed by atoms with Crippen LogP contribution < -0.4 is 10.6 Å². The number of aromatic amines is 1. The second kappa shape index (κ2) is 6.03. The van der Waals surface area contributed by atoms with Gasteiger partial charge >= 0.3 is 0 Å². The molecule has 1 saturated heterocycles. The molecule has 6 nitrogen and oxygen atoms in total. The molecule has 0 spiro atoms. The molecule has 7 heteroatoms. The molecule has 2 aromatic rings. The number of halogens is 1. The largest absolute Gasteiger partial charge is 0.507 e. The van der Waals surface area contributed by atoms with Gasteiger partial charge in [0.05, 0.1) is 5.56 Å². The van der Waals surface area contributed by atoms with Gasteiger partial charge in [0.25, 0.3) is 0 Å². The summed E-state index contributed by atoms with van der Waals surface area (Å²) in [7, 11) is 0. The fourth-order valence-corrected chi connectivity index (χ4v) is 3.01. The Bertz CT molecular complexity index is 630. The number of phenols is 1. The maximum Gasteiger partial charge on any atom is 0.245 e. The predicted molar refractivity (Wildman–Crippen MR) is 85.2 cm³/mol. The van der Waals surface area contributed by atoms with Crippen molar-refractivity contribution in [3.8, 4) is 17.1 Å². The van der Waals surface area contributed by atoms with Gasteiger partial charge in [-0.25, -0.2) is 0 Å². The van der Waals surface area contributed by atoms with Gasteiger partial charge < -0.3 is 15.7 Å². The third-order valence-electron chi connectivity index (χ3n) is 3.82. The van der Waals surface area contributed by atoms with Crippen LogP contribution in [0.15, 0.2) is 22.7 Å². The average molecular weight is 352 g/mol. The monoisotopic (exact) mass is 351 g/mol. The molecule has 1 fully saturated rings. The molecule has 4 N–H and O–H groups in total. The van der Waals surface area contributed by atoms with E-state index in [4.69, 9.17) is 5.73 Å². The molecule has 0 saturated carbocycles. The Morgan fingerprint density at radius 3 is 3.10 bits per heavy atom. The molecular formula is C14H18BrN5O. The minimum Gasteiger partial charge on any atom is -0.507 e. The Morgan fingerprint density at radius 1 is 1.48 bits per heavy atom. The van der Waals surface area contributed by atoms with E-state index in [9.17, 15) is 5.11 Å². The van der Waals surface area contributed by atoms with Gasteiger partial charge in [-0.2, -0.15) is 4.98 Å². The normalized spacial score (nSPS) is 19.0. The average Bonchev–Trinajstić information content (AvgIpc) is 2.97. The molecule has 0 aliphatic carbocycles. The van der Waals surface area contributed by atoms with Crippen LogP contribution in [0, 0.1) is 5.92 Å². The summed E-state index contributed by atoms with van der Waals surface area (Å²) in [5.41, 5.74) is 6.40. The Kier molecular flexibility index (Phi) is 4.12. The molecule has 0 bridgehead atoms. The van der Waals surface area contributed by atoms with E-state index in [0.717, 1.165) is 30.4 Å². The maximum atomic E-state index is 10.00. The van der Waals surface area contributed by atoms with Gasteiger partial charge in [-0.15, -0.1) is 5.10 Å². The molecular weight excluding hydrogens is 334 g/mol. The van der Waals surface area contributed by atoms with Crippen LogP contribution in [0.5, 0.6) is 5.75 Å². The van der Waals surface area contributed by atoms with Crippen molar-refractivity contribution in [2.24, 2.45) is 11.7 Å². The van der Waals surface area contributed by atoms with Gasteiger partial charge in [0.1, 0.15) is 5.75 Å². The number of H-pyrrole nitrogens is 1. The summed E-state index contributed by atoms with van der Waals surface area (Å²) in [5.74, 6) is 1.92. The summed E-state index contributed by atoms with van der Waals surface area (Å²) in [6.07, 6.45) is 2.27. The van der Waals surface area contributed by atoms with E-state index in [0.29, 0.717) is 29.8 Å². The lowest BCUT2D eigenvalue weighted by Gasteiger charge is -2.31. The first kappa shape index (κ1) is 14.3. The number of aromatic hydroxyl groups is 1. The number of phenolic OH excluding ortho intramolecular Hbond substituents is 1. The molecule has 1 aromatic heterocycles. The van der Waals surface area contributed by atoms with Crippen LogP contribution in [0.1, 0.15) is 12.8 Å². The number of nitrogens with one attached hydrogen (secondary N) is 1. The van der Waals surface area contributed by atoms with Crippen molar-refractivity contribution in [2.75, 3.05) is 24.5 Å². The molecule has 0 radical (unpaired) electrons. The number of hydrogen-bond donors (Lipinski definition) is 3. The fraction of sp³-hybridized carbons (Fsp3) is 0.429. The van der Waals surface area contributed by atoms with Crippen molar-refractivity contribution in [2.45, 2.75) is 12.8 Å². The number of piperidine rings is 1. The van der Waals surface area contributed by atoms with Crippen LogP contribution >= 0.6 is 15.9 Å². The van der Waals surface area contributed by atoms with Crippen molar-refractivity contribution < 1.29 is 5.11 Å². The first-order valence-electron chi connectivity index (χ1n) is 7.03. The second-order valence-corrected chi connectivity index (χ2v) is 6.25. The van der Waals surface area contributed by atoms with E-state index in [1.54, 1.807) is 6.07 Å². The van der Waals surface area contributed by atoms with E-state index in [1.807, 2.05) is 12.1 Å². The fourth-order valence-electron chi connectivity index (χ4n) is 2.66. The van der Waals surface area contributed by atoms with Gasteiger partial charge in [0.15, 0.2) is 5.82 Å². The Hall–Kier alpha value is -1.60. The van der Waals surface area contributed by atoms with Crippen LogP contribution in [-0.4, -0.2) is 39.9 Å². The van der Waals surface area contributed by atoms with E-state index >= 15 is 0 Å². The maximum absolute atomic E-state index is 10.00. The topological polar surface area (TPSA) is 91.1 Å². The van der Waals surface area contributed by atoms with Crippen molar-refractivity contribution >= 4 is 21.9 Å². The summed E-state index contributed by atoms with van der Waals surface area (Å²) < 4.78 is 0.824.